The minimum absolute atomic E-state index is 0.0373. The van der Waals surface area contributed by atoms with E-state index in [1.165, 1.54) is 54.9 Å². The average molecular weight is 572 g/mol. The highest BCUT2D eigenvalue weighted by Crippen LogP contribution is 2.27. The molecule has 0 spiro atoms. The third-order valence-electron chi connectivity index (χ3n) is 5.33. The first-order valence-electron chi connectivity index (χ1n) is 11.1. The molecular weight excluding hydrogens is 550 g/mol. The Morgan fingerprint density at radius 2 is 1.50 bits per heavy atom. The van der Waals surface area contributed by atoms with Crippen LogP contribution in [-0.4, -0.2) is 32.7 Å². The first-order chi connectivity index (χ1) is 17.9. The Morgan fingerprint density at radius 1 is 0.816 bits per heavy atom. The van der Waals surface area contributed by atoms with Gasteiger partial charge in [0, 0.05) is 23.6 Å². The quantitative estimate of drug-likeness (QED) is 0.280. The number of nitrogens with one attached hydrogen (secondary N) is 3. The van der Waals surface area contributed by atoms with Crippen LogP contribution in [-0.2, 0) is 20.0 Å². The van der Waals surface area contributed by atoms with Crippen LogP contribution in [0.25, 0.3) is 0 Å². The number of anilines is 3. The number of rotatable bonds is 8. The maximum absolute atomic E-state index is 13.1. The van der Waals surface area contributed by atoms with E-state index < -0.39 is 26.0 Å². The number of aromatic nitrogens is 2. The monoisotopic (exact) mass is 571 g/mol. The fraction of sp³-hybridized carbons (Fsp3) is 0.0800. The van der Waals surface area contributed by atoms with Gasteiger partial charge in [0.25, 0.3) is 26.0 Å². The van der Waals surface area contributed by atoms with Crippen molar-refractivity contribution >= 4 is 54.9 Å². The molecule has 196 valence electrons. The van der Waals surface area contributed by atoms with Crippen molar-refractivity contribution in [2.75, 3.05) is 14.8 Å². The molecule has 1 amide bonds. The summed E-state index contributed by atoms with van der Waals surface area (Å²) in [5.41, 5.74) is 2.32. The van der Waals surface area contributed by atoms with E-state index in [1.807, 2.05) is 13.0 Å². The Balaban J connectivity index is 1.51. The number of aryl methyl sites for hydroxylation is 2. The van der Waals surface area contributed by atoms with Gasteiger partial charge in [-0.3, -0.25) is 9.52 Å². The van der Waals surface area contributed by atoms with Crippen LogP contribution in [0.2, 0.25) is 5.02 Å². The van der Waals surface area contributed by atoms with Gasteiger partial charge in [-0.15, -0.1) is 0 Å². The van der Waals surface area contributed by atoms with Crippen LogP contribution in [0.3, 0.4) is 0 Å². The summed E-state index contributed by atoms with van der Waals surface area (Å²) in [6, 6.07) is 16.2. The predicted octanol–water partition coefficient (Wildman–Crippen LogP) is 4.60. The molecule has 3 N–H and O–H groups in total. The van der Waals surface area contributed by atoms with E-state index in [9.17, 15) is 21.6 Å². The molecule has 0 atom stereocenters. The zero-order valence-corrected chi connectivity index (χ0v) is 22.5. The second-order valence-electron chi connectivity index (χ2n) is 8.23. The zero-order valence-electron chi connectivity index (χ0n) is 20.1. The van der Waals surface area contributed by atoms with E-state index in [-0.39, 0.29) is 32.0 Å². The normalized spacial score (nSPS) is 11.6. The topological polar surface area (TPSA) is 147 Å². The first kappa shape index (κ1) is 27.0. The number of benzene rings is 3. The van der Waals surface area contributed by atoms with Gasteiger partial charge in [-0.2, -0.15) is 0 Å². The van der Waals surface area contributed by atoms with Crippen molar-refractivity contribution in [2.24, 2.45) is 0 Å². The number of carbonyl (C=O) groups excluding carboxylic acids is 1. The minimum Gasteiger partial charge on any atom is -0.322 e. The standard InChI is InChI=1S/C25H22ClN5O5S2/c1-16-4-5-17(2)22(14-16)30-38(35,36)23-15-18(6-11-21(23)26)24(32)29-19-7-9-20(10-8-19)37(33,34)31-25-27-12-3-13-28-25/h3-15,30H,1-2H3,(H,29,32)(H,27,28,31). The summed E-state index contributed by atoms with van der Waals surface area (Å²) in [5.74, 6) is -0.693. The molecule has 10 nitrogen and oxygen atoms in total. The highest BCUT2D eigenvalue weighted by molar-refractivity contribution is 7.93. The van der Waals surface area contributed by atoms with Crippen LogP contribution in [0.5, 0.6) is 0 Å². The number of hydrogen-bond donors (Lipinski definition) is 3. The van der Waals surface area contributed by atoms with Crippen LogP contribution in [0.1, 0.15) is 21.5 Å². The molecule has 3 aromatic carbocycles. The van der Waals surface area contributed by atoms with Gasteiger partial charge in [0.05, 0.1) is 15.6 Å². The van der Waals surface area contributed by atoms with Gasteiger partial charge in [-0.05, 0) is 79.6 Å². The summed E-state index contributed by atoms with van der Waals surface area (Å²) in [6.45, 7) is 3.61. The van der Waals surface area contributed by atoms with Crippen molar-refractivity contribution in [1.82, 2.24) is 9.97 Å². The van der Waals surface area contributed by atoms with Crippen LogP contribution >= 0.6 is 11.6 Å². The highest BCUT2D eigenvalue weighted by atomic mass is 35.5. The third kappa shape index (κ3) is 6.28. The lowest BCUT2D eigenvalue weighted by Crippen LogP contribution is -2.17. The molecule has 38 heavy (non-hydrogen) atoms. The molecule has 0 aliphatic rings. The lowest BCUT2D eigenvalue weighted by Gasteiger charge is -2.13. The number of carbonyl (C=O) groups is 1. The second kappa shape index (κ2) is 10.8. The largest absolute Gasteiger partial charge is 0.322 e. The van der Waals surface area contributed by atoms with Crippen LogP contribution in [0, 0.1) is 13.8 Å². The molecule has 13 heteroatoms. The molecule has 0 radical (unpaired) electrons. The molecular formula is C25H22ClN5O5S2. The molecule has 0 aliphatic heterocycles. The molecule has 1 aromatic heterocycles. The molecule has 0 fully saturated rings. The van der Waals surface area contributed by atoms with Gasteiger partial charge >= 0.3 is 0 Å². The Kier molecular flexibility index (Phi) is 7.67. The minimum atomic E-state index is -4.11. The van der Waals surface area contributed by atoms with E-state index in [0.717, 1.165) is 11.1 Å². The maximum Gasteiger partial charge on any atom is 0.264 e. The van der Waals surface area contributed by atoms with Crippen molar-refractivity contribution in [3.63, 3.8) is 0 Å². The molecule has 0 saturated heterocycles. The summed E-state index contributed by atoms with van der Waals surface area (Å²) in [6.07, 6.45) is 2.80. The molecule has 0 aliphatic carbocycles. The van der Waals surface area contributed by atoms with Gasteiger partial charge < -0.3 is 5.32 Å². The Morgan fingerprint density at radius 3 is 2.18 bits per heavy atom. The lowest BCUT2D eigenvalue weighted by molar-refractivity contribution is 0.102. The van der Waals surface area contributed by atoms with E-state index in [2.05, 4.69) is 24.7 Å². The molecule has 4 aromatic rings. The Labute approximate surface area is 225 Å². The van der Waals surface area contributed by atoms with E-state index in [4.69, 9.17) is 11.6 Å². The zero-order chi connectivity index (χ0) is 27.5. The smallest absolute Gasteiger partial charge is 0.264 e. The van der Waals surface area contributed by atoms with E-state index in [1.54, 1.807) is 25.1 Å². The number of hydrogen-bond acceptors (Lipinski definition) is 7. The van der Waals surface area contributed by atoms with Crippen LogP contribution < -0.4 is 14.8 Å². The summed E-state index contributed by atoms with van der Waals surface area (Å²) >= 11 is 6.18. The fourth-order valence-corrected chi connectivity index (χ4v) is 5.95. The summed E-state index contributed by atoms with van der Waals surface area (Å²) in [7, 11) is -8.05. The fourth-order valence-electron chi connectivity index (χ4n) is 3.35. The highest BCUT2D eigenvalue weighted by Gasteiger charge is 2.22. The molecule has 0 unspecified atom stereocenters. The van der Waals surface area contributed by atoms with Crippen molar-refractivity contribution in [3.8, 4) is 0 Å². The van der Waals surface area contributed by atoms with E-state index >= 15 is 0 Å². The number of halogens is 1. The summed E-state index contributed by atoms with van der Waals surface area (Å²) in [4.78, 5) is 20.2. The predicted molar refractivity (Wildman–Crippen MR) is 145 cm³/mol. The van der Waals surface area contributed by atoms with Crippen molar-refractivity contribution in [1.29, 1.82) is 0 Å². The maximum atomic E-state index is 13.1. The number of sulfonamides is 2. The Hall–Kier alpha value is -4.00. The number of amides is 1. The molecule has 1 heterocycles. The number of nitrogens with zero attached hydrogens (tertiary/aromatic N) is 2. The SMILES string of the molecule is Cc1ccc(C)c(NS(=O)(=O)c2cc(C(=O)Nc3ccc(S(=O)(=O)Nc4ncccn4)cc3)ccc2Cl)c1. The van der Waals surface area contributed by atoms with Gasteiger partial charge in [-0.1, -0.05) is 23.7 Å². The van der Waals surface area contributed by atoms with E-state index in [0.29, 0.717) is 5.69 Å². The molecule has 0 saturated carbocycles. The summed E-state index contributed by atoms with van der Waals surface area (Å²) in [5, 5.41) is 2.56. The molecule has 0 bridgehead atoms. The Bertz CT molecular complexity index is 1710. The van der Waals surface area contributed by atoms with Gasteiger partial charge in [0.15, 0.2) is 0 Å². The van der Waals surface area contributed by atoms with Crippen molar-refractivity contribution in [2.45, 2.75) is 23.6 Å². The summed E-state index contributed by atoms with van der Waals surface area (Å²) < 4.78 is 56.0. The second-order valence-corrected chi connectivity index (χ2v) is 12.0. The van der Waals surface area contributed by atoms with Crippen molar-refractivity contribution in [3.05, 3.63) is 101 Å². The van der Waals surface area contributed by atoms with Crippen molar-refractivity contribution < 1.29 is 21.6 Å². The average Bonchev–Trinajstić information content (AvgIpc) is 2.87. The molecule has 4 rings (SSSR count). The van der Waals surface area contributed by atoms with Gasteiger partial charge in [0.1, 0.15) is 4.90 Å². The van der Waals surface area contributed by atoms with Crippen LogP contribution in [0.4, 0.5) is 17.3 Å². The lowest BCUT2D eigenvalue weighted by atomic mass is 10.1. The first-order valence-corrected chi connectivity index (χ1v) is 14.4. The van der Waals surface area contributed by atoms with Crippen LogP contribution in [0.15, 0.2) is 88.9 Å². The van der Waals surface area contributed by atoms with Gasteiger partial charge in [0.2, 0.25) is 5.95 Å². The van der Waals surface area contributed by atoms with Gasteiger partial charge in [-0.25, -0.2) is 31.5 Å². The third-order valence-corrected chi connectivity index (χ3v) is 8.53.